The summed E-state index contributed by atoms with van der Waals surface area (Å²) in [5.74, 6) is -0.505. The lowest BCUT2D eigenvalue weighted by Crippen LogP contribution is -2.23. The molecular weight excluding hydrogens is 511 g/mol. The van der Waals surface area contributed by atoms with Crippen LogP contribution < -0.4 is 16.0 Å². The average Bonchev–Trinajstić information content (AvgIpc) is 3.22. The standard InChI is InChI=1S/C27H29N3O3S3/c1-3-33-26(32)23-21-14-7-8-15-22(21)36-25(23)30-24(31)17(2)35-20-13-9-12-19(16-20)29-27(34)28-18-10-5-4-6-11-18/h4-6,9-13,16-17H,3,7-8,14-15H2,1-2H3,(H,30,31)(H2,28,29,34). The fraction of sp³-hybridized carbons (Fsp3) is 0.296. The number of anilines is 3. The van der Waals surface area contributed by atoms with Crippen LogP contribution in [0.1, 0.15) is 47.5 Å². The molecule has 0 aliphatic heterocycles. The summed E-state index contributed by atoms with van der Waals surface area (Å²) in [7, 11) is 0. The molecule has 1 aromatic heterocycles. The molecule has 1 amide bonds. The first-order valence-corrected chi connectivity index (χ1v) is 14.1. The number of nitrogens with one attached hydrogen (secondary N) is 3. The highest BCUT2D eigenvalue weighted by Gasteiger charge is 2.28. The Morgan fingerprint density at radius 3 is 2.53 bits per heavy atom. The Labute approximate surface area is 225 Å². The number of hydrogen-bond acceptors (Lipinski definition) is 6. The molecule has 188 valence electrons. The number of aryl methyl sites for hydroxylation is 1. The number of amides is 1. The maximum absolute atomic E-state index is 13.1. The Hall–Kier alpha value is -2.88. The van der Waals surface area contributed by atoms with Crippen LogP contribution in [0.2, 0.25) is 0 Å². The largest absolute Gasteiger partial charge is 0.462 e. The van der Waals surface area contributed by atoms with Crippen molar-refractivity contribution < 1.29 is 14.3 Å². The third-order valence-corrected chi connectivity index (χ3v) is 8.20. The Morgan fingerprint density at radius 1 is 1.03 bits per heavy atom. The highest BCUT2D eigenvalue weighted by Crippen LogP contribution is 2.39. The van der Waals surface area contributed by atoms with Gasteiger partial charge in [0.05, 0.1) is 17.4 Å². The smallest absolute Gasteiger partial charge is 0.341 e. The molecule has 1 aliphatic rings. The van der Waals surface area contributed by atoms with Crippen LogP contribution in [0, 0.1) is 0 Å². The van der Waals surface area contributed by atoms with Gasteiger partial charge in [0.1, 0.15) is 5.00 Å². The van der Waals surface area contributed by atoms with Crippen molar-refractivity contribution in [2.24, 2.45) is 0 Å². The van der Waals surface area contributed by atoms with E-state index >= 15 is 0 Å². The number of esters is 1. The molecule has 6 nitrogen and oxygen atoms in total. The van der Waals surface area contributed by atoms with Crippen molar-refractivity contribution in [1.82, 2.24) is 0 Å². The summed E-state index contributed by atoms with van der Waals surface area (Å²) in [4.78, 5) is 27.9. The van der Waals surface area contributed by atoms with Crippen LogP contribution in [0.3, 0.4) is 0 Å². The SMILES string of the molecule is CCOC(=O)c1c(NC(=O)C(C)Sc2cccc(NC(=S)Nc3ccccc3)c2)sc2c1CCCC2. The van der Waals surface area contributed by atoms with Gasteiger partial charge in [-0.05, 0) is 87.6 Å². The molecule has 0 saturated heterocycles. The molecule has 3 N–H and O–H groups in total. The van der Waals surface area contributed by atoms with Crippen LogP contribution in [0.5, 0.6) is 0 Å². The van der Waals surface area contributed by atoms with Gasteiger partial charge in [-0.3, -0.25) is 4.79 Å². The lowest BCUT2D eigenvalue weighted by atomic mass is 9.95. The summed E-state index contributed by atoms with van der Waals surface area (Å²) in [5.41, 5.74) is 3.31. The second-order valence-corrected chi connectivity index (χ2v) is 11.3. The fourth-order valence-corrected chi connectivity index (χ4v) is 6.45. The Bertz CT molecular complexity index is 1240. The molecule has 0 spiro atoms. The number of thioether (sulfide) groups is 1. The second kappa shape index (κ2) is 12.4. The van der Waals surface area contributed by atoms with Gasteiger partial charge in [-0.1, -0.05) is 24.3 Å². The van der Waals surface area contributed by atoms with E-state index < -0.39 is 0 Å². The summed E-state index contributed by atoms with van der Waals surface area (Å²) in [5, 5.41) is 10.1. The quantitative estimate of drug-likeness (QED) is 0.166. The number of thiophene rings is 1. The number of thiocarbonyl (C=S) groups is 1. The topological polar surface area (TPSA) is 79.5 Å². The van der Waals surface area contributed by atoms with E-state index in [0.29, 0.717) is 22.3 Å². The lowest BCUT2D eigenvalue weighted by Gasteiger charge is -2.14. The number of carbonyl (C=O) groups excluding carboxylic acids is 2. The van der Waals surface area contributed by atoms with Crippen molar-refractivity contribution in [2.45, 2.75) is 49.7 Å². The molecule has 1 unspecified atom stereocenters. The Balaban J connectivity index is 1.40. The van der Waals surface area contributed by atoms with Gasteiger partial charge in [-0.25, -0.2) is 4.79 Å². The average molecular weight is 540 g/mol. The summed E-state index contributed by atoms with van der Waals surface area (Å²) in [6.07, 6.45) is 3.93. The van der Waals surface area contributed by atoms with E-state index in [1.165, 1.54) is 28.0 Å². The molecule has 9 heteroatoms. The fourth-order valence-electron chi connectivity index (χ4n) is 4.01. The minimum Gasteiger partial charge on any atom is -0.462 e. The maximum atomic E-state index is 13.1. The predicted octanol–water partition coefficient (Wildman–Crippen LogP) is 6.73. The first-order valence-electron chi connectivity index (χ1n) is 12.0. The Morgan fingerprint density at radius 2 is 1.75 bits per heavy atom. The van der Waals surface area contributed by atoms with E-state index in [4.69, 9.17) is 17.0 Å². The zero-order valence-corrected chi connectivity index (χ0v) is 22.7. The summed E-state index contributed by atoms with van der Waals surface area (Å²) >= 11 is 8.38. The number of carbonyl (C=O) groups is 2. The monoisotopic (exact) mass is 539 g/mol. The molecule has 0 fully saturated rings. The van der Waals surface area contributed by atoms with E-state index in [-0.39, 0.29) is 17.1 Å². The minimum atomic E-state index is -0.371. The van der Waals surface area contributed by atoms with Crippen molar-refractivity contribution in [3.05, 3.63) is 70.6 Å². The number of fused-ring (bicyclic) bond motifs is 1. The van der Waals surface area contributed by atoms with Crippen LogP contribution in [0.4, 0.5) is 16.4 Å². The van der Waals surface area contributed by atoms with Gasteiger partial charge in [0.25, 0.3) is 0 Å². The summed E-state index contributed by atoms with van der Waals surface area (Å²) in [6.45, 7) is 3.96. The van der Waals surface area contributed by atoms with Crippen LogP contribution in [0.25, 0.3) is 0 Å². The lowest BCUT2D eigenvalue weighted by molar-refractivity contribution is -0.115. The van der Waals surface area contributed by atoms with Crippen molar-refractivity contribution in [3.8, 4) is 0 Å². The summed E-state index contributed by atoms with van der Waals surface area (Å²) in [6, 6.07) is 17.5. The van der Waals surface area contributed by atoms with Crippen molar-refractivity contribution >= 4 is 68.7 Å². The highest BCUT2D eigenvalue weighted by atomic mass is 32.2. The first kappa shape index (κ1) is 26.2. The predicted molar refractivity (Wildman–Crippen MR) is 154 cm³/mol. The minimum absolute atomic E-state index is 0.149. The van der Waals surface area contributed by atoms with Crippen LogP contribution in [0.15, 0.2) is 59.5 Å². The second-order valence-electron chi connectivity index (χ2n) is 8.36. The molecule has 0 bridgehead atoms. The van der Waals surface area contributed by atoms with Gasteiger partial charge >= 0.3 is 5.97 Å². The van der Waals surface area contributed by atoms with Gasteiger partial charge in [0.2, 0.25) is 5.91 Å². The number of rotatable bonds is 8. The van der Waals surface area contributed by atoms with Gasteiger partial charge in [-0.15, -0.1) is 23.1 Å². The van der Waals surface area contributed by atoms with Crippen LogP contribution >= 0.6 is 35.3 Å². The maximum Gasteiger partial charge on any atom is 0.341 e. The normalized spacial score (nSPS) is 13.3. The summed E-state index contributed by atoms with van der Waals surface area (Å²) < 4.78 is 5.30. The number of hydrogen-bond donors (Lipinski definition) is 3. The van der Waals surface area contributed by atoms with Crippen molar-refractivity contribution in [3.63, 3.8) is 0 Å². The molecule has 1 atom stereocenters. The number of ether oxygens (including phenoxy) is 1. The molecule has 2 aromatic carbocycles. The van der Waals surface area contributed by atoms with Gasteiger partial charge in [0.15, 0.2) is 5.11 Å². The van der Waals surface area contributed by atoms with E-state index in [9.17, 15) is 9.59 Å². The highest BCUT2D eigenvalue weighted by molar-refractivity contribution is 8.00. The zero-order chi connectivity index (χ0) is 25.5. The van der Waals surface area contributed by atoms with Gasteiger partial charge in [0, 0.05) is 21.1 Å². The third-order valence-electron chi connectivity index (χ3n) is 5.69. The van der Waals surface area contributed by atoms with Gasteiger partial charge < -0.3 is 20.7 Å². The Kier molecular flexibility index (Phi) is 9.01. The molecule has 1 heterocycles. The van der Waals surface area contributed by atoms with Crippen molar-refractivity contribution in [2.75, 3.05) is 22.6 Å². The first-order chi connectivity index (χ1) is 17.4. The third kappa shape index (κ3) is 6.66. The van der Waals surface area contributed by atoms with E-state index in [2.05, 4.69) is 16.0 Å². The molecular formula is C27H29N3O3S3. The molecule has 1 aliphatic carbocycles. The number of benzene rings is 2. The van der Waals surface area contributed by atoms with Crippen LogP contribution in [-0.4, -0.2) is 28.8 Å². The van der Waals surface area contributed by atoms with Crippen LogP contribution in [-0.2, 0) is 22.4 Å². The number of para-hydroxylation sites is 1. The molecule has 0 radical (unpaired) electrons. The van der Waals surface area contributed by atoms with Crippen molar-refractivity contribution in [1.29, 1.82) is 0 Å². The zero-order valence-electron chi connectivity index (χ0n) is 20.3. The van der Waals surface area contributed by atoms with E-state index in [1.807, 2.05) is 61.5 Å². The molecule has 4 rings (SSSR count). The molecule has 3 aromatic rings. The van der Waals surface area contributed by atoms with E-state index in [0.717, 1.165) is 47.5 Å². The molecule has 36 heavy (non-hydrogen) atoms. The van der Waals surface area contributed by atoms with E-state index in [1.54, 1.807) is 6.92 Å². The van der Waals surface area contributed by atoms with Gasteiger partial charge in [-0.2, -0.15) is 0 Å². The molecule has 0 saturated carbocycles.